The second kappa shape index (κ2) is 9.50. The fourth-order valence-electron chi connectivity index (χ4n) is 2.20. The van der Waals surface area contributed by atoms with E-state index < -0.39 is 0 Å². The molecule has 0 saturated carbocycles. The summed E-state index contributed by atoms with van der Waals surface area (Å²) in [6, 6.07) is 7.30. The van der Waals surface area contributed by atoms with Gasteiger partial charge in [0.25, 0.3) is 0 Å². The number of quaternary nitrogens is 1. The Labute approximate surface area is 127 Å². The zero-order valence-corrected chi connectivity index (χ0v) is 13.2. The van der Waals surface area contributed by atoms with Gasteiger partial charge in [0.2, 0.25) is 0 Å². The Kier molecular flexibility index (Phi) is 8.85. The van der Waals surface area contributed by atoms with Crippen molar-refractivity contribution in [2.24, 2.45) is 0 Å². The molecule has 0 bridgehead atoms. The van der Waals surface area contributed by atoms with Gasteiger partial charge in [-0.2, -0.15) is 0 Å². The Bertz CT molecular complexity index is 428. The van der Waals surface area contributed by atoms with Crippen LogP contribution < -0.4 is 0 Å². The van der Waals surface area contributed by atoms with Gasteiger partial charge in [0, 0.05) is 5.56 Å². The molecule has 0 aliphatic carbocycles. The maximum Gasteiger partial charge on any atom is 0.338 e. The second-order valence-electron chi connectivity index (χ2n) is 5.09. The minimum absolute atomic E-state index is 0. The van der Waals surface area contributed by atoms with Gasteiger partial charge in [0.15, 0.2) is 0 Å². The van der Waals surface area contributed by atoms with Crippen LogP contribution >= 0.6 is 0 Å². The quantitative estimate of drug-likeness (QED) is 0.430. The van der Waals surface area contributed by atoms with Crippen molar-refractivity contribution in [3.05, 3.63) is 42.8 Å². The Balaban J connectivity index is 0.00000400. The molecule has 0 fully saturated rings. The number of hydrogen-bond acceptors (Lipinski definition) is 4. The molecule has 5 nitrogen and oxygen atoms in total. The molecule has 0 heterocycles. The second-order valence-corrected chi connectivity index (χ2v) is 5.09. The van der Waals surface area contributed by atoms with Crippen molar-refractivity contribution in [1.82, 2.24) is 0 Å². The molecule has 1 aromatic rings. The summed E-state index contributed by atoms with van der Waals surface area (Å²) < 4.78 is 5.51. The highest BCUT2D eigenvalue weighted by Gasteiger charge is 2.21. The maximum absolute atomic E-state index is 11.7. The van der Waals surface area contributed by atoms with Crippen LogP contribution in [0.5, 0.6) is 0 Å². The van der Waals surface area contributed by atoms with Crippen LogP contribution in [0.25, 0.3) is 0 Å². The number of likely N-dealkylation sites (N-methyl/N-ethyl adjacent to an activating group) is 1. The molecule has 2 N–H and O–H groups in total. The van der Waals surface area contributed by atoms with E-state index in [2.05, 4.69) is 0 Å². The Hall–Kier alpha value is -1.43. The van der Waals surface area contributed by atoms with E-state index in [4.69, 9.17) is 14.9 Å². The number of nitrogens with zero attached hydrogens (tertiary/aromatic N) is 1. The van der Waals surface area contributed by atoms with E-state index in [1.807, 2.05) is 25.2 Å². The van der Waals surface area contributed by atoms with Gasteiger partial charge in [-0.15, -0.1) is 0 Å². The van der Waals surface area contributed by atoms with Gasteiger partial charge in [0.1, 0.15) is 19.6 Å². The SMILES string of the molecule is CCOC(=O)c1cccc(C[N+](C)(CCO)CCO)c1.[CH3-]. The Morgan fingerprint density at radius 2 is 1.86 bits per heavy atom. The molecule has 0 unspecified atom stereocenters. The van der Waals surface area contributed by atoms with E-state index in [0.717, 1.165) is 5.56 Å². The molecule has 0 aliphatic heterocycles. The van der Waals surface area contributed by atoms with Crippen LogP contribution in [0.15, 0.2) is 24.3 Å². The van der Waals surface area contributed by atoms with Crippen LogP contribution in [0.3, 0.4) is 0 Å². The molecule has 0 aromatic heterocycles. The molecule has 1 rings (SSSR count). The van der Waals surface area contributed by atoms with Crippen LogP contribution in [0.4, 0.5) is 0 Å². The lowest BCUT2D eigenvalue weighted by Gasteiger charge is -2.33. The van der Waals surface area contributed by atoms with Crippen LogP contribution in [0, 0.1) is 7.43 Å². The van der Waals surface area contributed by atoms with E-state index in [1.54, 1.807) is 13.0 Å². The standard InChI is InChI=1S/C15H24NO4.CH3/c1-3-20-15(19)14-6-4-5-13(11-14)12-16(2,7-9-17)8-10-18;/h4-6,11,17-18H,3,7-10,12H2,1-2H3;1H3/q+1;-1. The van der Waals surface area contributed by atoms with Crippen LogP contribution in [0.2, 0.25) is 0 Å². The molecule has 0 saturated heterocycles. The molecule has 1 aromatic carbocycles. The average molecular weight is 297 g/mol. The van der Waals surface area contributed by atoms with Crippen molar-refractivity contribution >= 4 is 5.97 Å². The molecular weight excluding hydrogens is 270 g/mol. The van der Waals surface area contributed by atoms with Gasteiger partial charge >= 0.3 is 5.97 Å². The zero-order valence-electron chi connectivity index (χ0n) is 13.2. The number of aliphatic hydroxyl groups is 2. The lowest BCUT2D eigenvalue weighted by atomic mass is 10.1. The van der Waals surface area contributed by atoms with Crippen LogP contribution in [0.1, 0.15) is 22.8 Å². The van der Waals surface area contributed by atoms with E-state index in [0.29, 0.717) is 36.3 Å². The van der Waals surface area contributed by atoms with Crippen molar-refractivity contribution in [2.45, 2.75) is 13.5 Å². The van der Waals surface area contributed by atoms with Crippen molar-refractivity contribution in [2.75, 3.05) is 40.0 Å². The van der Waals surface area contributed by atoms with Crippen molar-refractivity contribution in [3.63, 3.8) is 0 Å². The minimum Gasteiger partial charge on any atom is -0.462 e. The molecule has 5 heteroatoms. The minimum atomic E-state index is -0.326. The van der Waals surface area contributed by atoms with Crippen molar-refractivity contribution in [3.8, 4) is 0 Å². The molecule has 0 spiro atoms. The van der Waals surface area contributed by atoms with Crippen molar-refractivity contribution in [1.29, 1.82) is 0 Å². The maximum atomic E-state index is 11.7. The molecule has 120 valence electrons. The zero-order chi connectivity index (χ0) is 15.0. The van der Waals surface area contributed by atoms with Gasteiger partial charge < -0.3 is 26.9 Å². The molecule has 0 atom stereocenters. The number of benzene rings is 1. The summed E-state index contributed by atoms with van der Waals surface area (Å²) in [5, 5.41) is 18.3. The fourth-order valence-corrected chi connectivity index (χ4v) is 2.20. The average Bonchev–Trinajstić information content (AvgIpc) is 2.39. The third-order valence-corrected chi connectivity index (χ3v) is 3.28. The number of rotatable bonds is 8. The third kappa shape index (κ3) is 6.25. The summed E-state index contributed by atoms with van der Waals surface area (Å²) in [6.07, 6.45) is 0. The highest BCUT2D eigenvalue weighted by atomic mass is 16.5. The first-order valence-electron chi connectivity index (χ1n) is 6.86. The molecular formula is C16H27NO4. The Morgan fingerprint density at radius 1 is 1.24 bits per heavy atom. The molecule has 0 aliphatic rings. The largest absolute Gasteiger partial charge is 0.462 e. The highest BCUT2D eigenvalue weighted by molar-refractivity contribution is 5.89. The van der Waals surface area contributed by atoms with E-state index in [-0.39, 0.29) is 26.6 Å². The van der Waals surface area contributed by atoms with Gasteiger partial charge in [-0.05, 0) is 19.1 Å². The first-order chi connectivity index (χ1) is 9.54. The first kappa shape index (κ1) is 19.6. The van der Waals surface area contributed by atoms with Gasteiger partial charge in [0.05, 0.1) is 32.4 Å². The Morgan fingerprint density at radius 3 is 2.38 bits per heavy atom. The number of carbonyl (C=O) groups is 1. The van der Waals surface area contributed by atoms with Gasteiger partial charge in [-0.3, -0.25) is 0 Å². The van der Waals surface area contributed by atoms with Gasteiger partial charge in [-0.25, -0.2) is 4.79 Å². The van der Waals surface area contributed by atoms with E-state index >= 15 is 0 Å². The van der Waals surface area contributed by atoms with Crippen molar-refractivity contribution < 1.29 is 24.2 Å². The highest BCUT2D eigenvalue weighted by Crippen LogP contribution is 2.14. The lowest BCUT2D eigenvalue weighted by molar-refractivity contribution is -0.923. The summed E-state index contributed by atoms with van der Waals surface area (Å²) in [7, 11) is 1.98. The lowest BCUT2D eigenvalue weighted by Crippen LogP contribution is -2.47. The first-order valence-corrected chi connectivity index (χ1v) is 6.86. The number of carbonyl (C=O) groups excluding carboxylic acids is 1. The molecule has 0 amide bonds. The summed E-state index contributed by atoms with van der Waals surface area (Å²) in [4.78, 5) is 11.7. The molecule has 0 radical (unpaired) electrons. The summed E-state index contributed by atoms with van der Waals surface area (Å²) in [5.74, 6) is -0.326. The van der Waals surface area contributed by atoms with Gasteiger partial charge in [-0.1, -0.05) is 12.1 Å². The number of aliphatic hydroxyl groups excluding tert-OH is 2. The van der Waals surface area contributed by atoms with Crippen LogP contribution in [-0.4, -0.2) is 60.6 Å². The monoisotopic (exact) mass is 297 g/mol. The number of esters is 1. The summed E-state index contributed by atoms with van der Waals surface area (Å²) >= 11 is 0. The smallest absolute Gasteiger partial charge is 0.338 e. The predicted octanol–water partition coefficient (Wildman–Crippen LogP) is 1.24. The van der Waals surface area contributed by atoms with Crippen LogP contribution in [-0.2, 0) is 11.3 Å². The van der Waals surface area contributed by atoms with E-state index in [1.165, 1.54) is 0 Å². The van der Waals surface area contributed by atoms with E-state index in [9.17, 15) is 4.79 Å². The number of ether oxygens (including phenoxy) is 1. The normalized spacial score (nSPS) is 10.9. The molecule has 21 heavy (non-hydrogen) atoms. The summed E-state index contributed by atoms with van der Waals surface area (Å²) in [5.41, 5.74) is 1.52. The number of hydrogen-bond donors (Lipinski definition) is 2. The fraction of sp³-hybridized carbons (Fsp3) is 0.500. The third-order valence-electron chi connectivity index (χ3n) is 3.28. The summed E-state index contributed by atoms with van der Waals surface area (Å²) in [6.45, 7) is 4.02. The topological polar surface area (TPSA) is 66.8 Å². The predicted molar refractivity (Wildman–Crippen MR) is 82.6 cm³/mol.